The number of nitrogens with one attached hydrogen (secondary N) is 2. The Balaban J connectivity index is 1.59. The Kier molecular flexibility index (Phi) is 2.30. The van der Waals surface area contributed by atoms with E-state index in [4.69, 9.17) is 4.42 Å². The fraction of sp³-hybridized carbons (Fsp3) is 0.500. The van der Waals surface area contributed by atoms with Gasteiger partial charge in [-0.3, -0.25) is 0 Å². The van der Waals surface area contributed by atoms with Crippen LogP contribution in [0.2, 0.25) is 0 Å². The Morgan fingerprint density at radius 1 is 1.22 bits per heavy atom. The number of anilines is 1. The molecule has 94 valence electrons. The molecule has 2 unspecified atom stereocenters. The first-order chi connectivity index (χ1) is 8.88. The van der Waals surface area contributed by atoms with Gasteiger partial charge in [-0.05, 0) is 37.8 Å². The minimum absolute atomic E-state index is 0.539. The molecule has 2 aromatic rings. The van der Waals surface area contributed by atoms with Gasteiger partial charge in [0.05, 0.1) is 11.6 Å². The van der Waals surface area contributed by atoms with Crippen molar-refractivity contribution in [3.63, 3.8) is 0 Å². The minimum Gasteiger partial charge on any atom is -0.464 e. The summed E-state index contributed by atoms with van der Waals surface area (Å²) in [5, 5.41) is 8.35. The van der Waals surface area contributed by atoms with E-state index in [2.05, 4.69) is 15.6 Å². The third-order valence-corrected chi connectivity index (χ3v) is 4.19. The zero-order chi connectivity index (χ0) is 11.9. The highest BCUT2D eigenvalue weighted by atomic mass is 16.3. The molecule has 4 heterocycles. The number of hydrogen-bond acceptors (Lipinski definition) is 4. The molecule has 2 saturated heterocycles. The maximum Gasteiger partial charge on any atom is 0.139 e. The van der Waals surface area contributed by atoms with E-state index in [1.165, 1.54) is 25.7 Å². The normalized spacial score (nSPS) is 30.8. The minimum atomic E-state index is 0.539. The summed E-state index contributed by atoms with van der Waals surface area (Å²) in [4.78, 5) is 4.45. The lowest BCUT2D eigenvalue weighted by atomic mass is 10.00. The van der Waals surface area contributed by atoms with Crippen LogP contribution in [0.3, 0.4) is 0 Å². The number of rotatable bonds is 2. The van der Waals surface area contributed by atoms with Gasteiger partial charge in [0.1, 0.15) is 11.4 Å². The Labute approximate surface area is 106 Å². The second-order valence-corrected chi connectivity index (χ2v) is 5.44. The topological polar surface area (TPSA) is 50.1 Å². The molecule has 0 aromatic carbocycles. The van der Waals surface area contributed by atoms with Gasteiger partial charge in [-0.15, -0.1) is 0 Å². The monoisotopic (exact) mass is 243 g/mol. The zero-order valence-corrected chi connectivity index (χ0v) is 10.2. The van der Waals surface area contributed by atoms with Crippen molar-refractivity contribution >= 4 is 16.8 Å². The number of nitrogens with zero attached hydrogens (tertiary/aromatic N) is 1. The summed E-state index contributed by atoms with van der Waals surface area (Å²) in [6.45, 7) is 0. The first kappa shape index (κ1) is 10.4. The van der Waals surface area contributed by atoms with Crippen LogP contribution >= 0.6 is 0 Å². The van der Waals surface area contributed by atoms with E-state index in [1.54, 1.807) is 6.26 Å². The molecule has 0 aliphatic carbocycles. The largest absolute Gasteiger partial charge is 0.464 e. The maximum absolute atomic E-state index is 5.41. The summed E-state index contributed by atoms with van der Waals surface area (Å²) in [7, 11) is 0. The van der Waals surface area contributed by atoms with Gasteiger partial charge in [-0.25, -0.2) is 4.98 Å². The predicted molar refractivity (Wildman–Crippen MR) is 70.6 cm³/mol. The fourth-order valence-corrected chi connectivity index (χ4v) is 3.38. The molecule has 2 aromatic heterocycles. The number of hydrogen-bond donors (Lipinski definition) is 2. The van der Waals surface area contributed by atoms with Crippen LogP contribution in [-0.2, 0) is 0 Å². The van der Waals surface area contributed by atoms with Crippen LogP contribution in [0.25, 0.3) is 11.0 Å². The molecule has 2 atom stereocenters. The van der Waals surface area contributed by atoms with Crippen LogP contribution in [-0.4, -0.2) is 23.1 Å². The molecule has 0 amide bonds. The van der Waals surface area contributed by atoms with Crippen molar-refractivity contribution in [1.82, 2.24) is 10.3 Å². The lowest BCUT2D eigenvalue weighted by molar-refractivity contribution is 0.378. The van der Waals surface area contributed by atoms with Crippen molar-refractivity contribution in [3.05, 3.63) is 24.6 Å². The number of piperidine rings is 1. The van der Waals surface area contributed by atoms with Gasteiger partial charge in [0.15, 0.2) is 0 Å². The van der Waals surface area contributed by atoms with Gasteiger partial charge in [0, 0.05) is 24.3 Å². The van der Waals surface area contributed by atoms with Gasteiger partial charge in [-0.2, -0.15) is 0 Å². The smallest absolute Gasteiger partial charge is 0.139 e. The number of aromatic nitrogens is 1. The Morgan fingerprint density at radius 2 is 2.06 bits per heavy atom. The molecule has 2 aliphatic rings. The van der Waals surface area contributed by atoms with Crippen LogP contribution in [0.1, 0.15) is 25.7 Å². The molecule has 0 saturated carbocycles. The van der Waals surface area contributed by atoms with Gasteiger partial charge < -0.3 is 15.1 Å². The van der Waals surface area contributed by atoms with E-state index >= 15 is 0 Å². The summed E-state index contributed by atoms with van der Waals surface area (Å²) in [5.74, 6) is 0.965. The molecule has 18 heavy (non-hydrogen) atoms. The van der Waals surface area contributed by atoms with Gasteiger partial charge in [-0.1, -0.05) is 0 Å². The van der Waals surface area contributed by atoms with Crippen LogP contribution in [0, 0.1) is 0 Å². The molecular weight excluding hydrogens is 226 g/mol. The average Bonchev–Trinajstić information content (AvgIpc) is 2.97. The van der Waals surface area contributed by atoms with Crippen molar-refractivity contribution in [2.24, 2.45) is 0 Å². The third kappa shape index (κ3) is 1.68. The maximum atomic E-state index is 5.41. The summed E-state index contributed by atoms with van der Waals surface area (Å²) >= 11 is 0. The Morgan fingerprint density at radius 3 is 2.89 bits per heavy atom. The first-order valence-electron chi connectivity index (χ1n) is 6.73. The highest BCUT2D eigenvalue weighted by Gasteiger charge is 2.33. The average molecular weight is 243 g/mol. The molecule has 2 N–H and O–H groups in total. The van der Waals surface area contributed by atoms with E-state index in [1.807, 2.05) is 18.3 Å². The second-order valence-electron chi connectivity index (χ2n) is 5.44. The van der Waals surface area contributed by atoms with Crippen molar-refractivity contribution in [3.8, 4) is 0 Å². The fourth-order valence-electron chi connectivity index (χ4n) is 3.38. The predicted octanol–water partition coefficient (Wildman–Crippen LogP) is 2.52. The number of furan rings is 1. The first-order valence-corrected chi connectivity index (χ1v) is 6.73. The quantitative estimate of drug-likeness (QED) is 0.851. The molecule has 0 radical (unpaired) electrons. The zero-order valence-electron chi connectivity index (χ0n) is 10.2. The van der Waals surface area contributed by atoms with Crippen LogP contribution < -0.4 is 10.6 Å². The van der Waals surface area contributed by atoms with E-state index in [-0.39, 0.29) is 0 Å². The van der Waals surface area contributed by atoms with E-state index in [0.29, 0.717) is 18.1 Å². The summed E-state index contributed by atoms with van der Waals surface area (Å²) in [6, 6.07) is 5.83. The Bertz CT molecular complexity index is 553. The summed E-state index contributed by atoms with van der Waals surface area (Å²) in [6.07, 6.45) is 8.59. The molecule has 0 spiro atoms. The molecule has 4 nitrogen and oxygen atoms in total. The standard InChI is InChI=1S/C14H17N3O/c1-2-10-8-11(7-9(1)16-10)17-14-12-4-6-18-13(12)3-5-15-14/h3-6,9-11,16H,1-2,7-8H2,(H,15,17). The number of pyridine rings is 1. The van der Waals surface area contributed by atoms with Crippen molar-refractivity contribution < 1.29 is 4.42 Å². The molecule has 4 rings (SSSR count). The van der Waals surface area contributed by atoms with Crippen LogP contribution in [0.15, 0.2) is 29.0 Å². The second kappa shape index (κ2) is 3.99. The third-order valence-electron chi connectivity index (χ3n) is 4.19. The molecule has 2 bridgehead atoms. The molecule has 4 heteroatoms. The van der Waals surface area contributed by atoms with Gasteiger partial charge in [0.25, 0.3) is 0 Å². The highest BCUT2D eigenvalue weighted by molar-refractivity contribution is 5.87. The number of fused-ring (bicyclic) bond motifs is 3. The van der Waals surface area contributed by atoms with E-state index < -0.39 is 0 Å². The van der Waals surface area contributed by atoms with Crippen molar-refractivity contribution in [2.75, 3.05) is 5.32 Å². The molecule has 2 aliphatic heterocycles. The SMILES string of the molecule is c1cc2occc2c(NC2CC3CCC(C2)N3)n1. The van der Waals surface area contributed by atoms with E-state index in [0.717, 1.165) is 16.8 Å². The van der Waals surface area contributed by atoms with Crippen LogP contribution in [0.4, 0.5) is 5.82 Å². The summed E-state index contributed by atoms with van der Waals surface area (Å²) < 4.78 is 5.41. The van der Waals surface area contributed by atoms with Gasteiger partial charge in [0.2, 0.25) is 0 Å². The molecular formula is C14H17N3O. The van der Waals surface area contributed by atoms with Crippen molar-refractivity contribution in [1.29, 1.82) is 0 Å². The van der Waals surface area contributed by atoms with Crippen LogP contribution in [0.5, 0.6) is 0 Å². The summed E-state index contributed by atoms with van der Waals surface area (Å²) in [5.41, 5.74) is 0.907. The van der Waals surface area contributed by atoms with Crippen molar-refractivity contribution in [2.45, 2.75) is 43.8 Å². The molecule has 2 fully saturated rings. The van der Waals surface area contributed by atoms with Gasteiger partial charge >= 0.3 is 0 Å². The van der Waals surface area contributed by atoms with E-state index in [9.17, 15) is 0 Å². The lowest BCUT2D eigenvalue weighted by Crippen LogP contribution is -2.43. The Hall–Kier alpha value is -1.55. The highest BCUT2D eigenvalue weighted by Crippen LogP contribution is 2.30. The lowest BCUT2D eigenvalue weighted by Gasteiger charge is -2.30.